The summed E-state index contributed by atoms with van der Waals surface area (Å²) in [5, 5.41) is 8.13. The van der Waals surface area contributed by atoms with E-state index in [0.29, 0.717) is 5.11 Å². The van der Waals surface area contributed by atoms with Gasteiger partial charge in [-0.05, 0) is 61.6 Å². The third kappa shape index (κ3) is 2.12. The number of anilines is 1. The summed E-state index contributed by atoms with van der Waals surface area (Å²) in [4.78, 5) is 1.22. The second-order valence-electron chi connectivity index (χ2n) is 5.20. The molecule has 0 saturated carbocycles. The van der Waals surface area contributed by atoms with Gasteiger partial charge in [0.1, 0.15) is 5.66 Å². The molecule has 0 bridgehead atoms. The molecule has 0 unspecified atom stereocenters. The van der Waals surface area contributed by atoms with Gasteiger partial charge in [-0.15, -0.1) is 11.3 Å². The second-order valence-corrected chi connectivity index (χ2v) is 6.53. The van der Waals surface area contributed by atoms with Crippen molar-refractivity contribution >= 4 is 34.4 Å². The van der Waals surface area contributed by atoms with Crippen LogP contribution in [0.3, 0.4) is 0 Å². The number of aryl methyl sites for hydroxylation is 1. The summed E-state index contributed by atoms with van der Waals surface area (Å²) in [6, 6.07) is 10.4. The minimum absolute atomic E-state index is 0.346. The molecule has 1 saturated heterocycles. The molecule has 3 rings (SSSR count). The molecule has 3 nitrogen and oxygen atoms in total. The van der Waals surface area contributed by atoms with Crippen LogP contribution in [0.2, 0.25) is 0 Å². The fourth-order valence-electron chi connectivity index (χ4n) is 2.40. The zero-order valence-electron chi connectivity index (χ0n) is 11.7. The van der Waals surface area contributed by atoms with E-state index in [1.165, 1.54) is 16.0 Å². The predicted molar refractivity (Wildman–Crippen MR) is 88.9 cm³/mol. The Morgan fingerprint density at radius 3 is 2.70 bits per heavy atom. The van der Waals surface area contributed by atoms with Gasteiger partial charge in [0.2, 0.25) is 0 Å². The molecular weight excluding hydrogens is 286 g/mol. The summed E-state index contributed by atoms with van der Waals surface area (Å²) in [7, 11) is 0. The first-order valence-electron chi connectivity index (χ1n) is 6.51. The van der Waals surface area contributed by atoms with Gasteiger partial charge in [-0.2, -0.15) is 5.43 Å². The topological polar surface area (TPSA) is 27.3 Å². The molecule has 0 amide bonds. The van der Waals surface area contributed by atoms with Crippen LogP contribution in [-0.4, -0.2) is 5.11 Å². The first kappa shape index (κ1) is 13.5. The number of rotatable bonds is 2. The van der Waals surface area contributed by atoms with Gasteiger partial charge in [0.15, 0.2) is 5.11 Å². The molecule has 2 heterocycles. The van der Waals surface area contributed by atoms with E-state index in [0.717, 1.165) is 5.69 Å². The Bertz CT molecular complexity index is 651. The van der Waals surface area contributed by atoms with Gasteiger partial charge < -0.3 is 5.32 Å². The summed E-state index contributed by atoms with van der Waals surface area (Å²) >= 11 is 7.22. The first-order valence-corrected chi connectivity index (χ1v) is 7.80. The maximum atomic E-state index is 5.51. The molecule has 1 aromatic heterocycles. The van der Waals surface area contributed by atoms with Crippen molar-refractivity contribution in [2.75, 3.05) is 5.01 Å². The summed E-state index contributed by atoms with van der Waals surface area (Å²) < 4.78 is 0. The lowest BCUT2D eigenvalue weighted by atomic mass is 10.1. The Hall–Kier alpha value is -1.43. The second kappa shape index (κ2) is 4.84. The number of hydrogen-bond donors (Lipinski definition) is 2. The lowest BCUT2D eigenvalue weighted by Gasteiger charge is -2.25. The highest BCUT2D eigenvalue weighted by molar-refractivity contribution is 7.80. The number of nitrogens with one attached hydrogen (secondary N) is 2. The van der Waals surface area contributed by atoms with Gasteiger partial charge in [-0.1, -0.05) is 18.2 Å². The minimum Gasteiger partial charge on any atom is -0.337 e. The van der Waals surface area contributed by atoms with Crippen molar-refractivity contribution in [2.45, 2.75) is 26.4 Å². The molecule has 2 N–H and O–H groups in total. The maximum absolute atomic E-state index is 5.51. The lowest BCUT2D eigenvalue weighted by molar-refractivity contribution is 0.398. The van der Waals surface area contributed by atoms with Gasteiger partial charge in [0, 0.05) is 4.88 Å². The average molecular weight is 303 g/mol. The smallest absolute Gasteiger partial charge is 0.190 e. The first-order chi connectivity index (χ1) is 9.51. The molecular formula is C15H17N3S2. The highest BCUT2D eigenvalue weighted by Gasteiger charge is 2.39. The number of hydrazine groups is 1. The number of hydrogen-bond acceptors (Lipinski definition) is 3. The fourth-order valence-corrected chi connectivity index (χ4v) is 3.54. The van der Waals surface area contributed by atoms with E-state index in [1.54, 1.807) is 11.3 Å². The molecule has 2 aromatic rings. The number of thiocarbonyl (C=S) groups is 1. The zero-order valence-corrected chi connectivity index (χ0v) is 13.4. The lowest BCUT2D eigenvalue weighted by Crippen LogP contribution is -2.45. The SMILES string of the molecule is Cc1cccc(N2N[C@@](C)(c3cccs3)NC2=S)c1C. The molecule has 0 radical (unpaired) electrons. The Labute approximate surface area is 128 Å². The van der Waals surface area contributed by atoms with Crippen molar-refractivity contribution in [3.05, 3.63) is 51.7 Å². The Kier molecular flexibility index (Phi) is 3.28. The molecule has 0 spiro atoms. The van der Waals surface area contributed by atoms with Gasteiger partial charge >= 0.3 is 0 Å². The van der Waals surface area contributed by atoms with Crippen molar-refractivity contribution in [3.8, 4) is 0 Å². The van der Waals surface area contributed by atoms with Gasteiger partial charge in [0.25, 0.3) is 0 Å². The van der Waals surface area contributed by atoms with Gasteiger partial charge in [-0.3, -0.25) is 0 Å². The fraction of sp³-hybridized carbons (Fsp3) is 0.267. The number of nitrogens with zero attached hydrogens (tertiary/aromatic N) is 1. The minimum atomic E-state index is -0.346. The molecule has 20 heavy (non-hydrogen) atoms. The van der Waals surface area contributed by atoms with Crippen LogP contribution in [-0.2, 0) is 5.66 Å². The van der Waals surface area contributed by atoms with Crippen molar-refractivity contribution in [1.29, 1.82) is 0 Å². The zero-order chi connectivity index (χ0) is 14.3. The van der Waals surface area contributed by atoms with E-state index in [2.05, 4.69) is 67.2 Å². The summed E-state index contributed by atoms with van der Waals surface area (Å²) in [5.41, 5.74) is 6.75. The third-order valence-electron chi connectivity index (χ3n) is 3.73. The monoisotopic (exact) mass is 303 g/mol. The van der Waals surface area contributed by atoms with E-state index >= 15 is 0 Å². The van der Waals surface area contributed by atoms with E-state index < -0.39 is 0 Å². The molecule has 1 aromatic carbocycles. The van der Waals surface area contributed by atoms with Gasteiger partial charge in [-0.25, -0.2) is 5.01 Å². The van der Waals surface area contributed by atoms with Crippen molar-refractivity contribution in [3.63, 3.8) is 0 Å². The van der Waals surface area contributed by atoms with E-state index in [4.69, 9.17) is 12.2 Å². The molecule has 1 aliphatic rings. The van der Waals surface area contributed by atoms with Crippen molar-refractivity contribution in [2.24, 2.45) is 0 Å². The van der Waals surface area contributed by atoms with Crippen molar-refractivity contribution < 1.29 is 0 Å². The average Bonchev–Trinajstić information content (AvgIpc) is 3.02. The van der Waals surface area contributed by atoms with Crippen LogP contribution < -0.4 is 15.8 Å². The predicted octanol–water partition coefficient (Wildman–Crippen LogP) is 3.44. The summed E-state index contributed by atoms with van der Waals surface area (Å²) in [6.45, 7) is 6.34. The molecule has 5 heteroatoms. The van der Waals surface area contributed by atoms with E-state index in [-0.39, 0.29) is 5.66 Å². The summed E-state index contributed by atoms with van der Waals surface area (Å²) in [5.74, 6) is 0. The maximum Gasteiger partial charge on any atom is 0.190 e. The molecule has 104 valence electrons. The highest BCUT2D eigenvalue weighted by Crippen LogP contribution is 2.31. The molecule has 1 atom stereocenters. The van der Waals surface area contributed by atoms with Crippen LogP contribution in [0.15, 0.2) is 35.7 Å². The standard InChI is InChI=1S/C15H17N3S2/c1-10-6-4-7-12(11(10)2)18-14(19)16-15(3,17-18)13-8-5-9-20-13/h4-9,17H,1-3H3,(H,16,19)/t15-/m0/s1. The van der Waals surface area contributed by atoms with Crippen LogP contribution in [0.1, 0.15) is 22.9 Å². The Morgan fingerprint density at radius 1 is 1.20 bits per heavy atom. The van der Waals surface area contributed by atoms with Crippen LogP contribution in [0.25, 0.3) is 0 Å². The number of benzene rings is 1. The Morgan fingerprint density at radius 2 is 2.00 bits per heavy atom. The van der Waals surface area contributed by atoms with Crippen LogP contribution in [0.5, 0.6) is 0 Å². The van der Waals surface area contributed by atoms with Crippen LogP contribution in [0, 0.1) is 13.8 Å². The molecule has 0 aliphatic carbocycles. The van der Waals surface area contributed by atoms with E-state index in [9.17, 15) is 0 Å². The quantitative estimate of drug-likeness (QED) is 0.831. The molecule has 1 fully saturated rings. The highest BCUT2D eigenvalue weighted by atomic mass is 32.1. The Balaban J connectivity index is 1.97. The van der Waals surface area contributed by atoms with Crippen molar-refractivity contribution in [1.82, 2.24) is 10.7 Å². The third-order valence-corrected chi connectivity index (χ3v) is 5.10. The normalized spacial score (nSPS) is 22.1. The largest absolute Gasteiger partial charge is 0.337 e. The molecule has 1 aliphatic heterocycles. The van der Waals surface area contributed by atoms with E-state index in [1.807, 2.05) is 5.01 Å². The van der Waals surface area contributed by atoms with Gasteiger partial charge in [0.05, 0.1) is 5.69 Å². The number of thiophene rings is 1. The van der Waals surface area contributed by atoms with Crippen LogP contribution >= 0.6 is 23.6 Å². The summed E-state index contributed by atoms with van der Waals surface area (Å²) in [6.07, 6.45) is 0. The van der Waals surface area contributed by atoms with Crippen LogP contribution in [0.4, 0.5) is 5.69 Å².